The van der Waals surface area contributed by atoms with Crippen LogP contribution >= 0.6 is 0 Å². The van der Waals surface area contributed by atoms with E-state index in [1.807, 2.05) is 11.9 Å². The molecule has 13 nitrogen and oxygen atoms in total. The van der Waals surface area contributed by atoms with Crippen LogP contribution < -0.4 is 56.2 Å². The van der Waals surface area contributed by atoms with Crippen LogP contribution in [0.3, 0.4) is 0 Å². The normalized spacial score (nSPS) is 11.2. The summed E-state index contributed by atoms with van der Waals surface area (Å²) in [7, 11) is 1.85. The number of nitrogen functional groups attached to an aromatic ring is 2. The number of aliphatic carboxylic acids is 1. The zero-order valence-corrected chi connectivity index (χ0v) is 20.6. The molecule has 0 saturated heterocycles. The first-order valence-corrected chi connectivity index (χ1v) is 9.73. The third-order valence-corrected chi connectivity index (χ3v) is 4.63. The standard InChI is InChI=1S/C20H21N8O5.Na/c1-28(9-12-8-23-18-16(24-12)17(21)26-20(22)27-18)13-4-2-11(3-5-13)19(32)25-14(33-10-29)6-7-15(30)31;/h2-5,8,14H,6-7,9H2,1H3,(H,25,32)(H,30,31)(H4,21,22,23,26,27);/q-1;+1/p+1. The fourth-order valence-corrected chi connectivity index (χ4v) is 3.01. The van der Waals surface area contributed by atoms with Crippen LogP contribution in [0.5, 0.6) is 0 Å². The molecule has 0 radical (unpaired) electrons. The number of hydrogen-bond donors (Lipinski definition) is 4. The van der Waals surface area contributed by atoms with Gasteiger partial charge in [0.1, 0.15) is 12.4 Å². The van der Waals surface area contributed by atoms with Crippen LogP contribution in [-0.4, -0.2) is 51.7 Å². The van der Waals surface area contributed by atoms with E-state index in [9.17, 15) is 14.4 Å². The second-order valence-electron chi connectivity index (χ2n) is 7.05. The van der Waals surface area contributed by atoms with E-state index in [-0.39, 0.29) is 54.2 Å². The second kappa shape index (κ2) is 12.1. The number of rotatable bonds is 10. The third-order valence-electron chi connectivity index (χ3n) is 4.63. The number of nitrogens with one attached hydrogen (secondary N) is 2. The largest absolute Gasteiger partial charge is 1.00 e. The summed E-state index contributed by atoms with van der Waals surface area (Å²) in [5.41, 5.74) is 14.1. The quantitative estimate of drug-likeness (QED) is 0.129. The number of nitrogens with two attached hydrogens (primary N) is 2. The number of fused-ring (bicyclic) bond motifs is 1. The number of carbonyl (C=O) groups is 2. The molecule has 0 fully saturated rings. The van der Waals surface area contributed by atoms with Crippen molar-refractivity contribution in [3.05, 3.63) is 41.7 Å². The van der Waals surface area contributed by atoms with E-state index in [1.54, 1.807) is 30.5 Å². The third kappa shape index (κ3) is 6.97. The molecule has 3 rings (SSSR count). The molecule has 172 valence electrons. The van der Waals surface area contributed by atoms with Gasteiger partial charge in [0, 0.05) is 29.7 Å². The number of carboxylic acids is 1. The van der Waals surface area contributed by atoms with Gasteiger partial charge in [-0.2, -0.15) is 4.98 Å². The van der Waals surface area contributed by atoms with Gasteiger partial charge in [-0.05, 0) is 24.3 Å². The number of carboxylic acid groups (broad SMARTS) is 1. The Bertz CT molecular complexity index is 1180. The fourth-order valence-electron chi connectivity index (χ4n) is 3.01. The van der Waals surface area contributed by atoms with Crippen molar-refractivity contribution in [2.24, 2.45) is 0 Å². The van der Waals surface area contributed by atoms with Gasteiger partial charge in [0.2, 0.25) is 0 Å². The van der Waals surface area contributed by atoms with Gasteiger partial charge in [-0.25, -0.2) is 9.97 Å². The van der Waals surface area contributed by atoms with Crippen molar-refractivity contribution in [3.63, 3.8) is 0 Å². The number of nitrogens with zero attached hydrogens (tertiary/aromatic N) is 4. The van der Waals surface area contributed by atoms with Crippen molar-refractivity contribution in [3.8, 4) is 0 Å². The predicted octanol–water partition coefficient (Wildman–Crippen LogP) is -3.35. The fraction of sp³-hybridized carbons (Fsp3) is 0.250. The van der Waals surface area contributed by atoms with Gasteiger partial charge in [0.05, 0.1) is 18.7 Å². The molecular formula is C20H22N8NaO5+. The van der Waals surface area contributed by atoms with Crippen LogP contribution in [0.25, 0.3) is 11.2 Å². The molecule has 1 unspecified atom stereocenters. The molecule has 0 aliphatic rings. The van der Waals surface area contributed by atoms with Crippen LogP contribution in [0.2, 0.25) is 0 Å². The van der Waals surface area contributed by atoms with Gasteiger partial charge < -0.3 is 36.3 Å². The summed E-state index contributed by atoms with van der Waals surface area (Å²) < 4.78 is 4.61. The summed E-state index contributed by atoms with van der Waals surface area (Å²) >= 11 is 0. The Kier molecular flexibility index (Phi) is 9.47. The number of aromatic amines is 1. The Labute approximate surface area is 216 Å². The summed E-state index contributed by atoms with van der Waals surface area (Å²) in [4.78, 5) is 50.9. The van der Waals surface area contributed by atoms with Crippen LogP contribution in [0.4, 0.5) is 17.5 Å². The topological polar surface area (TPSA) is 201 Å². The van der Waals surface area contributed by atoms with Crippen molar-refractivity contribution >= 4 is 47.0 Å². The Balaban J connectivity index is 0.00000408. The molecule has 1 aromatic carbocycles. The Morgan fingerprint density at radius 1 is 1.24 bits per heavy atom. The average molecular weight is 477 g/mol. The molecule has 2 heterocycles. The van der Waals surface area contributed by atoms with Gasteiger partial charge in [0.25, 0.3) is 5.91 Å². The number of anilines is 3. The maximum atomic E-state index is 12.4. The summed E-state index contributed by atoms with van der Waals surface area (Å²) in [6.45, 7) is 1.64. The van der Waals surface area contributed by atoms with Gasteiger partial charge in [-0.15, -0.1) is 0 Å². The van der Waals surface area contributed by atoms with E-state index in [4.69, 9.17) is 16.6 Å². The first kappa shape index (κ1) is 26.7. The smallest absolute Gasteiger partial charge is 0.637 e. The van der Waals surface area contributed by atoms with Crippen LogP contribution in [0, 0.1) is 0 Å². The first-order chi connectivity index (χ1) is 15.8. The van der Waals surface area contributed by atoms with Crippen molar-refractivity contribution < 1.29 is 58.8 Å². The molecule has 0 bridgehead atoms. The monoisotopic (exact) mass is 477 g/mol. The minimum absolute atomic E-state index is 0. The maximum Gasteiger partial charge on any atom is 1.00 e. The minimum Gasteiger partial charge on any atom is -0.637 e. The van der Waals surface area contributed by atoms with Crippen LogP contribution in [0.1, 0.15) is 28.9 Å². The molecule has 3 aromatic rings. The Hall–Kier alpha value is -3.55. The summed E-state index contributed by atoms with van der Waals surface area (Å²) in [5, 5.41) is 11.2. The molecule has 2 aromatic heterocycles. The SMILES string of the molecule is CN(Cc1c[nH+]c2nc(N)nc(N)c2n1)c1ccc(C(=O)NC(CCC(=O)O)O[C-]=O)cc1.[Na+]. The minimum atomic E-state index is -1.09. The number of ether oxygens (including phenoxy) is 1. The predicted molar refractivity (Wildman–Crippen MR) is 116 cm³/mol. The molecule has 1 amide bonds. The molecular weight excluding hydrogens is 455 g/mol. The van der Waals surface area contributed by atoms with Gasteiger partial charge in [-0.3, -0.25) is 9.59 Å². The number of carbonyl (C=O) groups excluding carboxylic acids is 2. The van der Waals surface area contributed by atoms with E-state index < -0.39 is 18.1 Å². The van der Waals surface area contributed by atoms with E-state index in [0.717, 1.165) is 5.69 Å². The number of hydrogen-bond acceptors (Lipinski definition) is 10. The van der Waals surface area contributed by atoms with Crippen molar-refractivity contribution in [2.45, 2.75) is 25.6 Å². The molecule has 7 N–H and O–H groups in total. The van der Waals surface area contributed by atoms with Crippen molar-refractivity contribution in [2.75, 3.05) is 23.4 Å². The van der Waals surface area contributed by atoms with Crippen molar-refractivity contribution in [1.82, 2.24) is 20.3 Å². The number of aromatic nitrogens is 4. The molecule has 34 heavy (non-hydrogen) atoms. The zero-order valence-electron chi connectivity index (χ0n) is 18.6. The molecule has 1 atom stereocenters. The number of benzene rings is 1. The average Bonchev–Trinajstić information content (AvgIpc) is 2.78. The summed E-state index contributed by atoms with van der Waals surface area (Å²) in [5.74, 6) is -1.37. The van der Waals surface area contributed by atoms with Crippen molar-refractivity contribution in [1.29, 1.82) is 0 Å². The zero-order chi connectivity index (χ0) is 24.0. The summed E-state index contributed by atoms with van der Waals surface area (Å²) in [6.07, 6.45) is 0.250. The van der Waals surface area contributed by atoms with Gasteiger partial charge in [0.15, 0.2) is 11.3 Å². The van der Waals surface area contributed by atoms with E-state index in [0.29, 0.717) is 29.0 Å². The molecule has 0 aliphatic heterocycles. The van der Waals surface area contributed by atoms with Gasteiger partial charge >= 0.3 is 47.1 Å². The van der Waals surface area contributed by atoms with Crippen LogP contribution in [-0.2, 0) is 20.9 Å². The summed E-state index contributed by atoms with van der Waals surface area (Å²) in [6, 6.07) is 6.65. The molecule has 0 spiro atoms. The van der Waals surface area contributed by atoms with E-state index in [1.165, 1.54) is 6.47 Å². The maximum absolute atomic E-state index is 12.4. The van der Waals surface area contributed by atoms with E-state index >= 15 is 0 Å². The molecule has 0 aliphatic carbocycles. The first-order valence-electron chi connectivity index (χ1n) is 9.73. The second-order valence-corrected chi connectivity index (χ2v) is 7.05. The molecule has 0 saturated carbocycles. The van der Waals surface area contributed by atoms with Crippen LogP contribution in [0.15, 0.2) is 30.5 Å². The Morgan fingerprint density at radius 3 is 2.59 bits per heavy atom. The number of amides is 1. The Morgan fingerprint density at radius 2 is 1.94 bits per heavy atom. The number of H-pyrrole nitrogens is 1. The molecule has 14 heteroatoms. The van der Waals surface area contributed by atoms with Gasteiger partial charge in [-0.1, -0.05) is 6.47 Å². The van der Waals surface area contributed by atoms with E-state index in [2.05, 4.69) is 30.0 Å².